The second kappa shape index (κ2) is 7.31. The molecule has 0 spiro atoms. The second-order valence-electron chi connectivity index (χ2n) is 7.15. The van der Waals surface area contributed by atoms with Gasteiger partial charge in [-0.05, 0) is 44.9 Å². The Balaban J connectivity index is 1.69. The molecular weight excluding hydrogens is 342 g/mol. The quantitative estimate of drug-likeness (QED) is 0.622. The summed E-state index contributed by atoms with van der Waals surface area (Å²) in [5.74, 6) is 0.919. The Bertz CT molecular complexity index is 906. The third kappa shape index (κ3) is 3.20. The van der Waals surface area contributed by atoms with Crippen LogP contribution in [0.4, 0.5) is 5.13 Å². The number of fused-ring (bicyclic) bond motifs is 1. The molecule has 2 heterocycles. The lowest BCUT2D eigenvalue weighted by Crippen LogP contribution is -2.21. The summed E-state index contributed by atoms with van der Waals surface area (Å²) in [7, 11) is 2.12. The van der Waals surface area contributed by atoms with Crippen LogP contribution < -0.4 is 10.1 Å². The van der Waals surface area contributed by atoms with E-state index in [0.717, 1.165) is 16.6 Å². The van der Waals surface area contributed by atoms with E-state index < -0.39 is 0 Å². The molecule has 0 unspecified atom stereocenters. The zero-order valence-corrected chi connectivity index (χ0v) is 16.7. The fourth-order valence-corrected chi connectivity index (χ4v) is 4.79. The minimum absolute atomic E-state index is 0.584. The van der Waals surface area contributed by atoms with Crippen LogP contribution in [0.5, 0.6) is 5.75 Å². The predicted molar refractivity (Wildman–Crippen MR) is 110 cm³/mol. The molecule has 0 radical (unpaired) electrons. The maximum Gasteiger partial charge on any atom is 0.183 e. The lowest BCUT2D eigenvalue weighted by molar-refractivity contribution is 0.341. The second-order valence-corrected chi connectivity index (χ2v) is 8.01. The van der Waals surface area contributed by atoms with Crippen molar-refractivity contribution in [3.05, 3.63) is 29.3 Å². The van der Waals surface area contributed by atoms with Crippen LogP contribution in [-0.4, -0.2) is 22.2 Å². The molecule has 0 atom stereocenters. The van der Waals surface area contributed by atoms with Crippen molar-refractivity contribution < 1.29 is 4.74 Å². The zero-order chi connectivity index (χ0) is 18.1. The Kier molecular flexibility index (Phi) is 4.90. The predicted octanol–water partition coefficient (Wildman–Crippen LogP) is 5.75. The largest absolute Gasteiger partial charge is 0.494 e. The normalized spacial score (nSPS) is 15.5. The Hall–Kier alpha value is -2.01. The molecule has 1 aromatic carbocycles. The van der Waals surface area contributed by atoms with E-state index in [4.69, 9.17) is 9.72 Å². The lowest BCUT2D eigenvalue weighted by Gasteiger charge is -2.22. The summed E-state index contributed by atoms with van der Waals surface area (Å²) in [6.45, 7) is 4.87. The fourth-order valence-electron chi connectivity index (χ4n) is 4.01. The number of thiazole rings is 1. The third-order valence-electron chi connectivity index (χ3n) is 5.47. The minimum atomic E-state index is 0.584. The van der Waals surface area contributed by atoms with E-state index >= 15 is 0 Å². The van der Waals surface area contributed by atoms with Crippen molar-refractivity contribution in [3.8, 4) is 17.0 Å². The smallest absolute Gasteiger partial charge is 0.183 e. The van der Waals surface area contributed by atoms with Gasteiger partial charge in [-0.15, -0.1) is 11.3 Å². The van der Waals surface area contributed by atoms with Gasteiger partial charge in [-0.25, -0.2) is 4.98 Å². The van der Waals surface area contributed by atoms with Gasteiger partial charge in [0, 0.05) is 40.6 Å². The molecule has 4 nitrogen and oxygen atoms in total. The van der Waals surface area contributed by atoms with Crippen molar-refractivity contribution in [1.82, 2.24) is 9.55 Å². The van der Waals surface area contributed by atoms with Crippen LogP contribution in [-0.2, 0) is 7.05 Å². The molecule has 1 fully saturated rings. The number of ether oxygens (including phenoxy) is 1. The fraction of sp³-hybridized carbons (Fsp3) is 0.476. The molecule has 1 aliphatic rings. The van der Waals surface area contributed by atoms with E-state index in [9.17, 15) is 0 Å². The first-order valence-corrected chi connectivity index (χ1v) is 10.5. The van der Waals surface area contributed by atoms with E-state index in [1.54, 1.807) is 11.3 Å². The molecule has 0 aliphatic heterocycles. The van der Waals surface area contributed by atoms with E-state index in [2.05, 4.69) is 41.4 Å². The van der Waals surface area contributed by atoms with E-state index in [0.29, 0.717) is 12.6 Å². The van der Waals surface area contributed by atoms with E-state index in [-0.39, 0.29) is 0 Å². The first-order chi connectivity index (χ1) is 12.7. The Morgan fingerprint density at radius 1 is 1.27 bits per heavy atom. The van der Waals surface area contributed by atoms with Gasteiger partial charge < -0.3 is 14.6 Å². The van der Waals surface area contributed by atoms with Gasteiger partial charge in [-0.1, -0.05) is 19.3 Å². The number of aromatic nitrogens is 2. The molecule has 3 aromatic rings. The standard InChI is InChI=1S/C21H27N3OS/c1-4-25-16-10-11-19-17(12-16)20(14(2)24(19)3)18-13-26-21(23-18)22-15-8-6-5-7-9-15/h10-13,15H,4-9H2,1-3H3,(H,22,23). The van der Waals surface area contributed by atoms with Gasteiger partial charge in [0.05, 0.1) is 12.3 Å². The van der Waals surface area contributed by atoms with Crippen LogP contribution in [0, 0.1) is 6.92 Å². The number of aryl methyl sites for hydroxylation is 1. The van der Waals surface area contributed by atoms with Crippen molar-refractivity contribution in [2.75, 3.05) is 11.9 Å². The number of nitrogens with one attached hydrogen (secondary N) is 1. The Labute approximate surface area is 159 Å². The molecule has 1 N–H and O–H groups in total. The highest BCUT2D eigenvalue weighted by Gasteiger charge is 2.19. The zero-order valence-electron chi connectivity index (χ0n) is 15.8. The number of hydrogen-bond donors (Lipinski definition) is 1. The molecule has 1 aliphatic carbocycles. The maximum atomic E-state index is 5.72. The van der Waals surface area contributed by atoms with Gasteiger partial charge in [0.2, 0.25) is 0 Å². The maximum absolute atomic E-state index is 5.72. The number of benzene rings is 1. The average molecular weight is 370 g/mol. The van der Waals surface area contributed by atoms with Crippen LogP contribution in [0.15, 0.2) is 23.6 Å². The molecule has 0 saturated heterocycles. The summed E-state index contributed by atoms with van der Waals surface area (Å²) in [6, 6.07) is 6.92. The summed E-state index contributed by atoms with van der Waals surface area (Å²) < 4.78 is 7.96. The summed E-state index contributed by atoms with van der Waals surface area (Å²) in [5.41, 5.74) is 4.74. The van der Waals surface area contributed by atoms with Crippen LogP contribution >= 0.6 is 11.3 Å². The Morgan fingerprint density at radius 3 is 2.85 bits per heavy atom. The molecule has 0 bridgehead atoms. The van der Waals surface area contributed by atoms with Crippen LogP contribution in [0.2, 0.25) is 0 Å². The van der Waals surface area contributed by atoms with E-state index in [1.165, 1.54) is 54.3 Å². The third-order valence-corrected chi connectivity index (χ3v) is 6.24. The number of rotatable bonds is 5. The monoisotopic (exact) mass is 369 g/mol. The molecular formula is C21H27N3OS. The average Bonchev–Trinajstić information content (AvgIpc) is 3.19. The molecule has 26 heavy (non-hydrogen) atoms. The molecule has 1 saturated carbocycles. The van der Waals surface area contributed by atoms with Crippen LogP contribution in [0.1, 0.15) is 44.7 Å². The van der Waals surface area contributed by atoms with Crippen molar-refractivity contribution in [3.63, 3.8) is 0 Å². The lowest BCUT2D eigenvalue weighted by atomic mass is 9.96. The molecule has 0 amide bonds. The number of nitrogens with zero attached hydrogens (tertiary/aromatic N) is 2. The summed E-state index contributed by atoms with van der Waals surface area (Å²) >= 11 is 1.72. The first-order valence-electron chi connectivity index (χ1n) is 9.61. The van der Waals surface area contributed by atoms with Gasteiger partial charge in [0.1, 0.15) is 5.75 Å². The molecule has 4 rings (SSSR count). The van der Waals surface area contributed by atoms with Crippen LogP contribution in [0.25, 0.3) is 22.2 Å². The highest BCUT2D eigenvalue weighted by molar-refractivity contribution is 7.14. The molecule has 5 heteroatoms. The van der Waals surface area contributed by atoms with Crippen molar-refractivity contribution in [1.29, 1.82) is 0 Å². The van der Waals surface area contributed by atoms with Crippen molar-refractivity contribution in [2.45, 2.75) is 52.0 Å². The van der Waals surface area contributed by atoms with Gasteiger partial charge >= 0.3 is 0 Å². The van der Waals surface area contributed by atoms with Gasteiger partial charge in [-0.2, -0.15) is 0 Å². The SMILES string of the molecule is CCOc1ccc2c(c1)c(-c1csc(NC3CCCCC3)n1)c(C)n2C. The summed E-state index contributed by atoms with van der Waals surface area (Å²) in [4.78, 5) is 4.93. The Morgan fingerprint density at radius 2 is 2.08 bits per heavy atom. The highest BCUT2D eigenvalue weighted by Crippen LogP contribution is 2.37. The molecule has 138 valence electrons. The van der Waals surface area contributed by atoms with Gasteiger partial charge in [0.15, 0.2) is 5.13 Å². The minimum Gasteiger partial charge on any atom is -0.494 e. The highest BCUT2D eigenvalue weighted by atomic mass is 32.1. The number of anilines is 1. The van der Waals surface area contributed by atoms with Gasteiger partial charge in [0.25, 0.3) is 0 Å². The topological polar surface area (TPSA) is 39.1 Å². The van der Waals surface area contributed by atoms with Gasteiger partial charge in [-0.3, -0.25) is 0 Å². The van der Waals surface area contributed by atoms with Crippen LogP contribution in [0.3, 0.4) is 0 Å². The first kappa shape index (κ1) is 17.4. The van der Waals surface area contributed by atoms with Crippen molar-refractivity contribution in [2.24, 2.45) is 7.05 Å². The molecule has 2 aromatic heterocycles. The van der Waals surface area contributed by atoms with E-state index in [1.807, 2.05) is 13.0 Å². The summed E-state index contributed by atoms with van der Waals surface area (Å²) in [5, 5.41) is 8.09. The van der Waals surface area contributed by atoms with Crippen molar-refractivity contribution >= 4 is 27.4 Å². The summed E-state index contributed by atoms with van der Waals surface area (Å²) in [6.07, 6.45) is 6.57. The number of hydrogen-bond acceptors (Lipinski definition) is 4.